The fourth-order valence-electron chi connectivity index (χ4n) is 1.54. The molecule has 1 atom stereocenters. The smallest absolute Gasteiger partial charge is 0.191 e. The monoisotopic (exact) mass is 223 g/mol. The number of thiophene rings is 1. The van der Waals surface area contributed by atoms with E-state index in [1.807, 2.05) is 11.3 Å². The van der Waals surface area contributed by atoms with Crippen LogP contribution in [0.4, 0.5) is 0 Å². The third-order valence-corrected chi connectivity index (χ3v) is 3.63. The minimum atomic E-state index is 0.474. The summed E-state index contributed by atoms with van der Waals surface area (Å²) < 4.78 is 0. The number of hydrogen-bond donors (Lipinski definition) is 2. The molecule has 0 radical (unpaired) electrons. The minimum Gasteiger partial charge on any atom is -0.352 e. The molecule has 0 amide bonds. The Morgan fingerprint density at radius 1 is 1.53 bits per heavy atom. The van der Waals surface area contributed by atoms with Gasteiger partial charge < -0.3 is 10.6 Å². The maximum atomic E-state index is 4.36. The second-order valence-electron chi connectivity index (χ2n) is 3.81. The lowest BCUT2D eigenvalue weighted by Crippen LogP contribution is -2.36. The fourth-order valence-corrected chi connectivity index (χ4v) is 2.44. The van der Waals surface area contributed by atoms with Crippen molar-refractivity contribution in [2.75, 3.05) is 6.54 Å². The molecule has 3 nitrogen and oxygen atoms in total. The van der Waals surface area contributed by atoms with Crippen LogP contribution in [0.15, 0.2) is 17.1 Å². The molecule has 0 saturated heterocycles. The van der Waals surface area contributed by atoms with Gasteiger partial charge in [0.05, 0.1) is 13.1 Å². The van der Waals surface area contributed by atoms with E-state index in [0.717, 1.165) is 25.5 Å². The topological polar surface area (TPSA) is 36.4 Å². The van der Waals surface area contributed by atoms with E-state index in [1.165, 1.54) is 9.75 Å². The largest absolute Gasteiger partial charge is 0.352 e. The molecule has 0 fully saturated rings. The van der Waals surface area contributed by atoms with Gasteiger partial charge in [0, 0.05) is 15.8 Å². The summed E-state index contributed by atoms with van der Waals surface area (Å²) in [5.41, 5.74) is 0. The zero-order chi connectivity index (χ0) is 10.7. The van der Waals surface area contributed by atoms with Gasteiger partial charge in [-0.15, -0.1) is 11.3 Å². The summed E-state index contributed by atoms with van der Waals surface area (Å²) in [7, 11) is 0. The van der Waals surface area contributed by atoms with E-state index in [2.05, 4.69) is 41.6 Å². The molecule has 0 aliphatic carbocycles. The van der Waals surface area contributed by atoms with Crippen LogP contribution in [-0.2, 0) is 13.0 Å². The summed E-state index contributed by atoms with van der Waals surface area (Å²) in [5.74, 6) is 0.939. The van der Waals surface area contributed by atoms with Gasteiger partial charge in [-0.3, -0.25) is 4.99 Å². The van der Waals surface area contributed by atoms with Crippen LogP contribution in [0.5, 0.6) is 0 Å². The van der Waals surface area contributed by atoms with Crippen molar-refractivity contribution in [3.05, 3.63) is 21.9 Å². The Hall–Kier alpha value is -1.03. The molecule has 0 aromatic carbocycles. The van der Waals surface area contributed by atoms with E-state index in [-0.39, 0.29) is 0 Å². The average Bonchev–Trinajstić information content (AvgIpc) is 2.83. The highest BCUT2D eigenvalue weighted by molar-refractivity contribution is 7.11. The Morgan fingerprint density at radius 2 is 2.33 bits per heavy atom. The highest BCUT2D eigenvalue weighted by Gasteiger charge is 2.11. The van der Waals surface area contributed by atoms with E-state index in [0.29, 0.717) is 6.04 Å². The van der Waals surface area contributed by atoms with Crippen LogP contribution in [-0.4, -0.2) is 18.5 Å². The predicted octanol–water partition coefficient (Wildman–Crippen LogP) is 1.75. The van der Waals surface area contributed by atoms with Crippen LogP contribution in [0.25, 0.3) is 0 Å². The summed E-state index contributed by atoms with van der Waals surface area (Å²) >= 11 is 1.87. The SMILES string of the molecule is CCc1ccc(CNC2=NCC(C)N2)s1. The second kappa shape index (κ2) is 4.66. The molecular formula is C11H17N3S. The fraction of sp³-hybridized carbons (Fsp3) is 0.545. The molecule has 1 aliphatic heterocycles. The standard InChI is InChI=1S/C11H17N3S/c1-3-9-4-5-10(15-9)7-13-11-12-6-8(2)14-11/h4-5,8H,3,6-7H2,1-2H3,(H2,12,13,14). The first kappa shape index (κ1) is 10.5. The minimum absolute atomic E-state index is 0.474. The molecule has 15 heavy (non-hydrogen) atoms. The second-order valence-corrected chi connectivity index (χ2v) is 5.06. The van der Waals surface area contributed by atoms with Gasteiger partial charge in [-0.25, -0.2) is 0 Å². The summed E-state index contributed by atoms with van der Waals surface area (Å²) in [6.07, 6.45) is 1.13. The first-order valence-corrected chi connectivity index (χ1v) is 6.22. The summed E-state index contributed by atoms with van der Waals surface area (Å²) in [4.78, 5) is 7.17. The molecule has 0 saturated carbocycles. The van der Waals surface area contributed by atoms with E-state index in [4.69, 9.17) is 0 Å². The predicted molar refractivity (Wildman–Crippen MR) is 65.4 cm³/mol. The van der Waals surface area contributed by atoms with Crippen LogP contribution < -0.4 is 10.6 Å². The van der Waals surface area contributed by atoms with Crippen molar-refractivity contribution in [3.63, 3.8) is 0 Å². The van der Waals surface area contributed by atoms with Crippen molar-refractivity contribution in [3.8, 4) is 0 Å². The maximum absolute atomic E-state index is 4.36. The molecule has 0 spiro atoms. The van der Waals surface area contributed by atoms with E-state index in [1.54, 1.807) is 0 Å². The van der Waals surface area contributed by atoms with Crippen molar-refractivity contribution in [1.82, 2.24) is 10.6 Å². The Bertz CT molecular complexity index is 356. The van der Waals surface area contributed by atoms with Gasteiger partial charge in [0.1, 0.15) is 0 Å². The molecule has 82 valence electrons. The number of guanidine groups is 1. The van der Waals surface area contributed by atoms with E-state index in [9.17, 15) is 0 Å². The van der Waals surface area contributed by atoms with Gasteiger partial charge in [-0.05, 0) is 25.5 Å². The first-order valence-electron chi connectivity index (χ1n) is 5.40. The number of hydrogen-bond acceptors (Lipinski definition) is 4. The van der Waals surface area contributed by atoms with E-state index >= 15 is 0 Å². The molecule has 1 aromatic heterocycles. The summed E-state index contributed by atoms with van der Waals surface area (Å²) in [6.45, 7) is 6.09. The third kappa shape index (κ3) is 2.72. The zero-order valence-electron chi connectivity index (χ0n) is 9.21. The van der Waals surface area contributed by atoms with Crippen molar-refractivity contribution in [2.24, 2.45) is 4.99 Å². The summed E-state index contributed by atoms with van der Waals surface area (Å²) in [5, 5.41) is 6.60. The van der Waals surface area contributed by atoms with Crippen LogP contribution in [0.1, 0.15) is 23.6 Å². The lowest BCUT2D eigenvalue weighted by atomic mass is 10.3. The molecule has 0 bridgehead atoms. The van der Waals surface area contributed by atoms with Crippen molar-refractivity contribution >= 4 is 17.3 Å². The Balaban J connectivity index is 1.83. The molecule has 1 aliphatic rings. The van der Waals surface area contributed by atoms with Gasteiger partial charge in [0.2, 0.25) is 0 Å². The lowest BCUT2D eigenvalue weighted by molar-refractivity contribution is 0.714. The van der Waals surface area contributed by atoms with Crippen molar-refractivity contribution in [1.29, 1.82) is 0 Å². The lowest BCUT2D eigenvalue weighted by Gasteiger charge is -2.07. The number of nitrogens with zero attached hydrogens (tertiary/aromatic N) is 1. The van der Waals surface area contributed by atoms with Crippen LogP contribution in [0.2, 0.25) is 0 Å². The van der Waals surface area contributed by atoms with Gasteiger partial charge in [-0.2, -0.15) is 0 Å². The zero-order valence-corrected chi connectivity index (χ0v) is 10.0. The molecule has 2 N–H and O–H groups in total. The van der Waals surface area contributed by atoms with Crippen LogP contribution in [0, 0.1) is 0 Å². The van der Waals surface area contributed by atoms with E-state index < -0.39 is 0 Å². The van der Waals surface area contributed by atoms with Gasteiger partial charge >= 0.3 is 0 Å². The van der Waals surface area contributed by atoms with Crippen molar-refractivity contribution in [2.45, 2.75) is 32.9 Å². The molecule has 1 aromatic rings. The average molecular weight is 223 g/mol. The number of aryl methyl sites for hydroxylation is 1. The van der Waals surface area contributed by atoms with Gasteiger partial charge in [-0.1, -0.05) is 6.92 Å². The Morgan fingerprint density at radius 3 is 2.93 bits per heavy atom. The molecule has 2 rings (SSSR count). The molecule has 1 unspecified atom stereocenters. The third-order valence-electron chi connectivity index (χ3n) is 2.40. The Kier molecular flexibility index (Phi) is 3.26. The summed E-state index contributed by atoms with van der Waals surface area (Å²) in [6, 6.07) is 4.87. The molecular weight excluding hydrogens is 206 g/mol. The number of rotatable bonds is 3. The van der Waals surface area contributed by atoms with Crippen LogP contribution in [0.3, 0.4) is 0 Å². The maximum Gasteiger partial charge on any atom is 0.191 e. The van der Waals surface area contributed by atoms with Crippen molar-refractivity contribution < 1.29 is 0 Å². The quantitative estimate of drug-likeness (QED) is 0.819. The Labute approximate surface area is 94.6 Å². The molecule has 4 heteroatoms. The van der Waals surface area contributed by atoms with Crippen LogP contribution >= 0.6 is 11.3 Å². The highest BCUT2D eigenvalue weighted by Crippen LogP contribution is 2.16. The van der Waals surface area contributed by atoms with Gasteiger partial charge in [0.25, 0.3) is 0 Å². The van der Waals surface area contributed by atoms with Gasteiger partial charge in [0.15, 0.2) is 5.96 Å². The number of nitrogens with one attached hydrogen (secondary N) is 2. The number of aliphatic imine (C=N–C) groups is 1. The molecule has 2 heterocycles. The normalized spacial score (nSPS) is 19.9. The first-order chi connectivity index (χ1) is 7.28. The highest BCUT2D eigenvalue weighted by atomic mass is 32.1.